The maximum Gasteiger partial charge on any atom is 0.229 e. The van der Waals surface area contributed by atoms with Gasteiger partial charge in [0.15, 0.2) is 9.84 Å². The van der Waals surface area contributed by atoms with E-state index < -0.39 is 9.84 Å². The van der Waals surface area contributed by atoms with Gasteiger partial charge in [0, 0.05) is 18.1 Å². The van der Waals surface area contributed by atoms with E-state index in [0.29, 0.717) is 33.4 Å². The first-order valence-electron chi connectivity index (χ1n) is 8.60. The summed E-state index contributed by atoms with van der Waals surface area (Å²) < 4.78 is 23.8. The number of nitrogens with zero attached hydrogens (tertiary/aromatic N) is 3. The molecule has 10 heteroatoms. The van der Waals surface area contributed by atoms with Crippen LogP contribution in [0, 0.1) is 6.92 Å². The lowest BCUT2D eigenvalue weighted by atomic mass is 10.1. The molecule has 0 spiro atoms. The average molecular weight is 410 g/mol. The maximum absolute atomic E-state index is 11.9. The number of H-pyrrole nitrogens is 1. The Labute approximate surface area is 166 Å². The Kier molecular flexibility index (Phi) is 4.35. The molecule has 0 aliphatic rings. The Morgan fingerprint density at radius 2 is 2.00 bits per heavy atom. The molecule has 4 rings (SSSR count). The van der Waals surface area contributed by atoms with Gasteiger partial charge in [-0.25, -0.2) is 13.4 Å². The number of aromatic amines is 1. The number of sulfone groups is 1. The number of rotatable bonds is 4. The fourth-order valence-electron chi connectivity index (χ4n) is 3.09. The molecule has 2 aromatic heterocycles. The summed E-state index contributed by atoms with van der Waals surface area (Å²) in [6.07, 6.45) is 2.66. The molecule has 2 aromatic carbocycles. The highest BCUT2D eigenvalue weighted by atomic mass is 32.2. The van der Waals surface area contributed by atoms with E-state index >= 15 is 0 Å². The number of nitrogens with two attached hydrogens (primary N) is 1. The van der Waals surface area contributed by atoms with Crippen LogP contribution in [0.15, 0.2) is 47.5 Å². The van der Waals surface area contributed by atoms with Crippen LogP contribution in [0.2, 0.25) is 0 Å². The van der Waals surface area contributed by atoms with Crippen molar-refractivity contribution >= 4 is 38.2 Å². The topological polar surface area (TPSA) is 147 Å². The van der Waals surface area contributed by atoms with E-state index in [4.69, 9.17) is 5.73 Å². The number of anilines is 3. The highest BCUT2D eigenvalue weighted by Crippen LogP contribution is 2.35. The van der Waals surface area contributed by atoms with E-state index in [2.05, 4.69) is 25.5 Å². The highest BCUT2D eigenvalue weighted by molar-refractivity contribution is 7.90. The van der Waals surface area contributed by atoms with Gasteiger partial charge in [-0.1, -0.05) is 12.1 Å². The molecule has 0 amide bonds. The first-order valence-corrected chi connectivity index (χ1v) is 10.5. The number of phenolic OH excluding ortho intramolecular Hbond substituents is 1. The van der Waals surface area contributed by atoms with Crippen LogP contribution >= 0.6 is 0 Å². The van der Waals surface area contributed by atoms with Crippen molar-refractivity contribution in [1.82, 2.24) is 20.2 Å². The second kappa shape index (κ2) is 6.74. The minimum Gasteiger partial charge on any atom is -0.507 e. The standard InChI is InChI=1S/C19H18N6O3S/c1-10-6-7-11(8-15(10)29(2,27)28)22-19-21-9-12(18(20)23-19)17-16-13(24-25-17)4-3-5-14(16)26/h3-9,26H,1-2H3,(H,24,25)(H3,20,21,22,23). The molecular weight excluding hydrogens is 392 g/mol. The van der Waals surface area contributed by atoms with Gasteiger partial charge in [0.05, 0.1) is 21.4 Å². The molecule has 0 unspecified atom stereocenters. The van der Waals surface area contributed by atoms with Crippen molar-refractivity contribution < 1.29 is 13.5 Å². The smallest absolute Gasteiger partial charge is 0.229 e. The summed E-state index contributed by atoms with van der Waals surface area (Å²) in [5.74, 6) is 0.439. The van der Waals surface area contributed by atoms with Gasteiger partial charge in [-0.05, 0) is 36.8 Å². The minimum atomic E-state index is -3.36. The van der Waals surface area contributed by atoms with E-state index in [-0.39, 0.29) is 22.4 Å². The summed E-state index contributed by atoms with van der Waals surface area (Å²) >= 11 is 0. The van der Waals surface area contributed by atoms with Crippen LogP contribution in [0.5, 0.6) is 5.75 Å². The molecule has 0 atom stereocenters. The number of fused-ring (bicyclic) bond motifs is 1. The SMILES string of the molecule is Cc1ccc(Nc2ncc(-c3n[nH]c4cccc(O)c34)c(N)n2)cc1S(C)(=O)=O. The molecule has 0 saturated carbocycles. The number of aromatic nitrogens is 4. The lowest BCUT2D eigenvalue weighted by Gasteiger charge is -2.10. The van der Waals surface area contributed by atoms with E-state index in [9.17, 15) is 13.5 Å². The largest absolute Gasteiger partial charge is 0.507 e. The molecule has 0 aliphatic heterocycles. The zero-order valence-corrected chi connectivity index (χ0v) is 16.4. The molecule has 0 saturated heterocycles. The van der Waals surface area contributed by atoms with Crippen molar-refractivity contribution in [3.63, 3.8) is 0 Å². The van der Waals surface area contributed by atoms with Crippen LogP contribution in [0.4, 0.5) is 17.5 Å². The molecule has 5 N–H and O–H groups in total. The number of nitrogen functional groups attached to an aromatic ring is 1. The van der Waals surface area contributed by atoms with Gasteiger partial charge in [-0.3, -0.25) is 5.10 Å². The van der Waals surface area contributed by atoms with Gasteiger partial charge >= 0.3 is 0 Å². The van der Waals surface area contributed by atoms with Gasteiger partial charge in [0.2, 0.25) is 5.95 Å². The summed E-state index contributed by atoms with van der Waals surface area (Å²) in [7, 11) is -3.36. The lowest BCUT2D eigenvalue weighted by molar-refractivity contribution is 0.482. The molecule has 0 fully saturated rings. The first-order chi connectivity index (χ1) is 13.7. The molecule has 29 heavy (non-hydrogen) atoms. The van der Waals surface area contributed by atoms with Crippen molar-refractivity contribution in [2.45, 2.75) is 11.8 Å². The second-order valence-electron chi connectivity index (χ2n) is 6.64. The number of nitrogens with one attached hydrogen (secondary N) is 2. The summed E-state index contributed by atoms with van der Waals surface area (Å²) in [5.41, 5.74) is 8.84. The second-order valence-corrected chi connectivity index (χ2v) is 8.63. The number of hydrogen-bond acceptors (Lipinski definition) is 8. The third-order valence-corrected chi connectivity index (χ3v) is 5.72. The first kappa shape index (κ1) is 18.7. The molecule has 4 aromatic rings. The van der Waals surface area contributed by atoms with Crippen LogP contribution in [0.1, 0.15) is 5.56 Å². The van der Waals surface area contributed by atoms with Crippen molar-refractivity contribution in [2.75, 3.05) is 17.3 Å². The summed E-state index contributed by atoms with van der Waals surface area (Å²) in [5, 5.41) is 20.7. The van der Waals surface area contributed by atoms with Crippen LogP contribution in [0.3, 0.4) is 0 Å². The predicted molar refractivity (Wildman–Crippen MR) is 111 cm³/mol. The Hall–Kier alpha value is -3.66. The average Bonchev–Trinajstić information content (AvgIpc) is 3.08. The number of phenols is 1. The third-order valence-electron chi connectivity index (χ3n) is 4.48. The Morgan fingerprint density at radius 1 is 1.21 bits per heavy atom. The van der Waals surface area contributed by atoms with Crippen LogP contribution in [0.25, 0.3) is 22.2 Å². The highest BCUT2D eigenvalue weighted by Gasteiger charge is 2.17. The minimum absolute atomic E-state index is 0.0702. The number of aryl methyl sites for hydroxylation is 1. The Morgan fingerprint density at radius 3 is 2.72 bits per heavy atom. The molecule has 0 aliphatic carbocycles. The number of aromatic hydroxyl groups is 1. The molecule has 0 bridgehead atoms. The molecule has 148 valence electrons. The number of hydrogen-bond donors (Lipinski definition) is 4. The van der Waals surface area contributed by atoms with E-state index in [1.807, 2.05) is 0 Å². The van der Waals surface area contributed by atoms with Gasteiger partial charge < -0.3 is 16.2 Å². The van der Waals surface area contributed by atoms with E-state index in [1.54, 1.807) is 37.3 Å². The fourth-order valence-corrected chi connectivity index (χ4v) is 4.09. The van der Waals surface area contributed by atoms with E-state index in [1.165, 1.54) is 12.3 Å². The van der Waals surface area contributed by atoms with Crippen LogP contribution in [-0.4, -0.2) is 39.9 Å². The molecular formula is C19H18N6O3S. The Bertz CT molecular complexity index is 1350. The van der Waals surface area contributed by atoms with Crippen molar-refractivity contribution in [3.05, 3.63) is 48.2 Å². The van der Waals surface area contributed by atoms with Gasteiger partial charge in [0.25, 0.3) is 0 Å². The van der Waals surface area contributed by atoms with Crippen LogP contribution < -0.4 is 11.1 Å². The van der Waals surface area contributed by atoms with Gasteiger partial charge in [0.1, 0.15) is 17.3 Å². The fraction of sp³-hybridized carbons (Fsp3) is 0.105. The van der Waals surface area contributed by atoms with E-state index in [0.717, 1.165) is 6.26 Å². The quantitative estimate of drug-likeness (QED) is 0.401. The van der Waals surface area contributed by atoms with Crippen molar-refractivity contribution in [2.24, 2.45) is 0 Å². The zero-order chi connectivity index (χ0) is 20.8. The molecule has 0 radical (unpaired) electrons. The van der Waals surface area contributed by atoms with Gasteiger partial charge in [-0.2, -0.15) is 10.1 Å². The summed E-state index contributed by atoms with van der Waals surface area (Å²) in [4.78, 5) is 8.73. The molecule has 9 nitrogen and oxygen atoms in total. The lowest BCUT2D eigenvalue weighted by Crippen LogP contribution is -2.04. The van der Waals surface area contributed by atoms with Crippen molar-refractivity contribution in [3.8, 4) is 17.0 Å². The van der Waals surface area contributed by atoms with Crippen LogP contribution in [-0.2, 0) is 9.84 Å². The van der Waals surface area contributed by atoms with Gasteiger partial charge in [-0.15, -0.1) is 0 Å². The third kappa shape index (κ3) is 3.45. The Balaban J connectivity index is 1.70. The summed E-state index contributed by atoms with van der Waals surface area (Å²) in [6, 6.07) is 10.0. The van der Waals surface area contributed by atoms with Crippen molar-refractivity contribution in [1.29, 1.82) is 0 Å². The maximum atomic E-state index is 11.9. The normalized spacial score (nSPS) is 11.7. The molecule has 2 heterocycles. The zero-order valence-electron chi connectivity index (χ0n) is 15.6. The summed E-state index contributed by atoms with van der Waals surface area (Å²) in [6.45, 7) is 1.73. The number of benzene rings is 2. The monoisotopic (exact) mass is 410 g/mol. The predicted octanol–water partition coefficient (Wildman–Crippen LogP) is 2.76.